The Labute approximate surface area is 213 Å². The zero-order valence-corrected chi connectivity index (χ0v) is 22.9. The molecule has 4 heteroatoms. The number of thioether (sulfide) groups is 1. The van der Waals surface area contributed by atoms with Crippen LogP contribution in [0.4, 0.5) is 0 Å². The highest BCUT2D eigenvalue weighted by atomic mass is 32.2. The van der Waals surface area contributed by atoms with Crippen molar-refractivity contribution >= 4 is 11.8 Å². The minimum Gasteiger partial charge on any atom is -0.494 e. The molecule has 3 nitrogen and oxygen atoms in total. The molecule has 1 atom stereocenters. The maximum atomic E-state index is 5.92. The Morgan fingerprint density at radius 1 is 0.735 bits per heavy atom. The fraction of sp³-hybridized carbons (Fsp3) is 0.667. The predicted molar refractivity (Wildman–Crippen MR) is 149 cm³/mol. The maximum Gasteiger partial charge on any atom is 0.187 e. The van der Waals surface area contributed by atoms with Gasteiger partial charge in [-0.25, -0.2) is 9.97 Å². The van der Waals surface area contributed by atoms with Gasteiger partial charge in [0.2, 0.25) is 0 Å². The molecule has 0 fully saturated rings. The Hall–Kier alpha value is -1.55. The molecule has 2 aromatic rings. The Kier molecular flexibility index (Phi) is 15.8. The van der Waals surface area contributed by atoms with Crippen molar-refractivity contribution in [2.24, 2.45) is 5.92 Å². The molecule has 1 aromatic carbocycles. The molecule has 0 bridgehead atoms. The molecule has 2 rings (SSSR count). The van der Waals surface area contributed by atoms with E-state index in [9.17, 15) is 0 Å². The summed E-state index contributed by atoms with van der Waals surface area (Å²) in [6.45, 7) is 7.69. The first-order valence-corrected chi connectivity index (χ1v) is 14.9. The first-order valence-electron chi connectivity index (χ1n) is 13.9. The summed E-state index contributed by atoms with van der Waals surface area (Å²) in [4.78, 5) is 9.14. The first-order chi connectivity index (χ1) is 16.7. The van der Waals surface area contributed by atoms with Crippen LogP contribution in [0, 0.1) is 5.92 Å². The lowest BCUT2D eigenvalue weighted by Crippen LogP contribution is -1.98. The highest BCUT2D eigenvalue weighted by Gasteiger charge is 2.03. The van der Waals surface area contributed by atoms with Crippen LogP contribution in [-0.4, -0.2) is 22.3 Å². The van der Waals surface area contributed by atoms with Gasteiger partial charge in [-0.05, 0) is 36.5 Å². The van der Waals surface area contributed by atoms with Gasteiger partial charge in [0.15, 0.2) is 5.16 Å². The summed E-state index contributed by atoms with van der Waals surface area (Å²) in [5.74, 6) is 2.91. The van der Waals surface area contributed by atoms with Gasteiger partial charge >= 0.3 is 0 Å². The lowest BCUT2D eigenvalue weighted by atomic mass is 10.0. The summed E-state index contributed by atoms with van der Waals surface area (Å²) in [5, 5.41) is 0.886. The molecule has 0 saturated carbocycles. The first kappa shape index (κ1) is 28.7. The molecule has 34 heavy (non-hydrogen) atoms. The quantitative estimate of drug-likeness (QED) is 0.106. The molecule has 0 saturated heterocycles. The van der Waals surface area contributed by atoms with E-state index < -0.39 is 0 Å². The highest BCUT2D eigenvalue weighted by molar-refractivity contribution is 7.99. The summed E-state index contributed by atoms with van der Waals surface area (Å²) < 4.78 is 5.92. The third kappa shape index (κ3) is 12.8. The monoisotopic (exact) mass is 484 g/mol. The number of aromatic nitrogens is 2. The molecule has 1 heterocycles. The molecule has 0 aliphatic rings. The van der Waals surface area contributed by atoms with E-state index in [0.29, 0.717) is 0 Å². The molecule has 1 aromatic heterocycles. The van der Waals surface area contributed by atoms with Crippen LogP contribution in [0.2, 0.25) is 0 Å². The van der Waals surface area contributed by atoms with Crippen LogP contribution in [0.5, 0.6) is 5.75 Å². The van der Waals surface area contributed by atoms with Crippen molar-refractivity contribution in [1.82, 2.24) is 9.97 Å². The Bertz CT molecular complexity index is 732. The second-order valence-electron chi connectivity index (χ2n) is 9.67. The second kappa shape index (κ2) is 18.7. The molecule has 0 amide bonds. The van der Waals surface area contributed by atoms with E-state index in [2.05, 4.69) is 55.0 Å². The van der Waals surface area contributed by atoms with Crippen molar-refractivity contribution in [3.8, 4) is 16.9 Å². The number of unbranched alkanes of at least 4 members (excludes halogenated alkanes) is 10. The number of hydrogen-bond acceptors (Lipinski definition) is 4. The topological polar surface area (TPSA) is 35.0 Å². The fourth-order valence-electron chi connectivity index (χ4n) is 4.03. The number of benzene rings is 1. The normalized spacial score (nSPS) is 12.1. The van der Waals surface area contributed by atoms with Gasteiger partial charge in [0, 0.05) is 23.7 Å². The Balaban J connectivity index is 1.58. The van der Waals surface area contributed by atoms with Crippen molar-refractivity contribution in [1.29, 1.82) is 0 Å². The van der Waals surface area contributed by atoms with Gasteiger partial charge in [-0.2, -0.15) is 0 Å². The van der Waals surface area contributed by atoms with Gasteiger partial charge in [-0.1, -0.05) is 122 Å². The van der Waals surface area contributed by atoms with Crippen LogP contribution in [0.15, 0.2) is 41.8 Å². The summed E-state index contributed by atoms with van der Waals surface area (Å²) in [5.41, 5.74) is 2.19. The zero-order valence-electron chi connectivity index (χ0n) is 22.1. The maximum absolute atomic E-state index is 5.92. The van der Waals surface area contributed by atoms with Crippen LogP contribution in [-0.2, 0) is 0 Å². The number of ether oxygens (including phenoxy) is 1. The smallest absolute Gasteiger partial charge is 0.187 e. The van der Waals surface area contributed by atoms with Gasteiger partial charge in [0.05, 0.1) is 6.61 Å². The van der Waals surface area contributed by atoms with E-state index in [1.807, 2.05) is 12.4 Å². The predicted octanol–water partition coefficient (Wildman–Crippen LogP) is 9.75. The van der Waals surface area contributed by atoms with Crippen LogP contribution < -0.4 is 4.74 Å². The standard InChI is InChI=1S/C30H48N2OS/c1-4-6-7-8-9-10-11-12-16-23-34-30-31-24-28(25-32-30)27-18-20-29(21-19-27)33-22-15-13-14-17-26(3)5-2/h18-21,24-26H,4-17,22-23H2,1-3H3. The average molecular weight is 485 g/mol. The Morgan fingerprint density at radius 2 is 1.35 bits per heavy atom. The summed E-state index contributed by atoms with van der Waals surface area (Å²) >= 11 is 1.78. The SMILES string of the molecule is CCCCCCCCCCCSc1ncc(-c2ccc(OCCCCCC(C)CC)cc2)cn1. The van der Waals surface area contributed by atoms with Crippen LogP contribution in [0.1, 0.15) is 111 Å². The van der Waals surface area contributed by atoms with E-state index in [1.54, 1.807) is 11.8 Å². The average Bonchev–Trinajstić information content (AvgIpc) is 2.88. The molecule has 1 unspecified atom stereocenters. The van der Waals surface area contributed by atoms with E-state index >= 15 is 0 Å². The van der Waals surface area contributed by atoms with Crippen LogP contribution >= 0.6 is 11.8 Å². The summed E-state index contributed by atoms with van der Waals surface area (Å²) in [6.07, 6.45) is 22.5. The molecular formula is C30H48N2OS. The van der Waals surface area contributed by atoms with Crippen molar-refractivity contribution < 1.29 is 4.74 Å². The van der Waals surface area contributed by atoms with Gasteiger partial charge in [0.25, 0.3) is 0 Å². The lowest BCUT2D eigenvalue weighted by Gasteiger charge is -2.09. The molecule has 190 valence electrons. The molecule has 0 aliphatic carbocycles. The van der Waals surface area contributed by atoms with Crippen molar-refractivity contribution in [2.45, 2.75) is 116 Å². The molecular weight excluding hydrogens is 436 g/mol. The van der Waals surface area contributed by atoms with Gasteiger partial charge in [-0.3, -0.25) is 0 Å². The fourth-order valence-corrected chi connectivity index (χ4v) is 4.81. The third-order valence-electron chi connectivity index (χ3n) is 6.60. The van der Waals surface area contributed by atoms with E-state index in [0.717, 1.165) is 46.7 Å². The summed E-state index contributed by atoms with van der Waals surface area (Å²) in [7, 11) is 0. The molecule has 0 N–H and O–H groups in total. The van der Waals surface area contributed by atoms with E-state index in [-0.39, 0.29) is 0 Å². The zero-order chi connectivity index (χ0) is 24.3. The number of rotatable bonds is 20. The molecule has 0 radical (unpaired) electrons. The number of hydrogen-bond donors (Lipinski definition) is 0. The van der Waals surface area contributed by atoms with Crippen molar-refractivity contribution in [2.75, 3.05) is 12.4 Å². The van der Waals surface area contributed by atoms with Crippen molar-refractivity contribution in [3.63, 3.8) is 0 Å². The molecule has 0 aliphatic heterocycles. The van der Waals surface area contributed by atoms with Gasteiger partial charge in [0.1, 0.15) is 5.75 Å². The number of nitrogens with zero attached hydrogens (tertiary/aromatic N) is 2. The van der Waals surface area contributed by atoms with Crippen LogP contribution in [0.3, 0.4) is 0 Å². The van der Waals surface area contributed by atoms with Gasteiger partial charge < -0.3 is 4.74 Å². The minimum absolute atomic E-state index is 0.799. The van der Waals surface area contributed by atoms with Crippen LogP contribution in [0.25, 0.3) is 11.1 Å². The molecule has 0 spiro atoms. The third-order valence-corrected chi connectivity index (χ3v) is 7.56. The lowest BCUT2D eigenvalue weighted by molar-refractivity contribution is 0.302. The minimum atomic E-state index is 0.799. The van der Waals surface area contributed by atoms with Gasteiger partial charge in [-0.15, -0.1) is 0 Å². The van der Waals surface area contributed by atoms with E-state index in [4.69, 9.17) is 4.74 Å². The second-order valence-corrected chi connectivity index (χ2v) is 10.7. The van der Waals surface area contributed by atoms with E-state index in [1.165, 1.54) is 83.5 Å². The summed E-state index contributed by atoms with van der Waals surface area (Å²) in [6, 6.07) is 8.32. The van der Waals surface area contributed by atoms with Crippen molar-refractivity contribution in [3.05, 3.63) is 36.7 Å². The largest absolute Gasteiger partial charge is 0.494 e. The Morgan fingerprint density at radius 3 is 2.00 bits per heavy atom. The highest BCUT2D eigenvalue weighted by Crippen LogP contribution is 2.23.